The van der Waals surface area contributed by atoms with Gasteiger partial charge in [0.05, 0.1) is 0 Å². The number of hydrogen-bond donors (Lipinski definition) is 1. The first-order valence-electron chi connectivity index (χ1n) is 8.05. The van der Waals surface area contributed by atoms with Crippen LogP contribution in [-0.4, -0.2) is 12.1 Å². The van der Waals surface area contributed by atoms with E-state index in [2.05, 4.69) is 43.4 Å². The maximum absolute atomic E-state index is 3.92. The fraction of sp³-hybridized carbons (Fsp3) is 0.667. The molecule has 1 heteroatoms. The summed E-state index contributed by atoms with van der Waals surface area (Å²) in [5.41, 5.74) is 2.91. The van der Waals surface area contributed by atoms with Crippen LogP contribution >= 0.6 is 0 Å². The summed E-state index contributed by atoms with van der Waals surface area (Å²) >= 11 is 0. The maximum atomic E-state index is 3.92. The van der Waals surface area contributed by atoms with E-state index in [0.29, 0.717) is 0 Å². The Morgan fingerprint density at radius 2 is 1.68 bits per heavy atom. The molecule has 2 saturated carbocycles. The van der Waals surface area contributed by atoms with Gasteiger partial charge in [-0.15, -0.1) is 0 Å². The Balaban J connectivity index is 1.48. The van der Waals surface area contributed by atoms with Crippen LogP contribution in [0.3, 0.4) is 0 Å². The summed E-state index contributed by atoms with van der Waals surface area (Å²) in [6.45, 7) is 4.59. The molecule has 3 rings (SSSR count). The highest BCUT2D eigenvalue weighted by Gasteiger charge is 2.33. The summed E-state index contributed by atoms with van der Waals surface area (Å²) in [5.74, 6) is 1.68. The number of aryl methyl sites for hydroxylation is 1. The summed E-state index contributed by atoms with van der Waals surface area (Å²) in [5, 5.41) is 3.92. The molecule has 2 unspecified atom stereocenters. The van der Waals surface area contributed by atoms with Gasteiger partial charge in [-0.3, -0.25) is 0 Å². The Bertz CT molecular complexity index is 402. The topological polar surface area (TPSA) is 12.0 Å². The minimum atomic E-state index is 0.775. The van der Waals surface area contributed by atoms with E-state index in [4.69, 9.17) is 0 Å². The van der Waals surface area contributed by atoms with Crippen molar-refractivity contribution in [3.05, 3.63) is 35.4 Å². The van der Waals surface area contributed by atoms with Crippen LogP contribution in [0.15, 0.2) is 24.3 Å². The molecule has 1 aromatic rings. The molecular formula is C18H27N. The monoisotopic (exact) mass is 257 g/mol. The lowest BCUT2D eigenvalue weighted by Gasteiger charge is -2.41. The fourth-order valence-corrected chi connectivity index (χ4v) is 3.73. The zero-order chi connectivity index (χ0) is 13.2. The lowest BCUT2D eigenvalue weighted by Crippen LogP contribution is -2.48. The van der Waals surface area contributed by atoms with Crippen molar-refractivity contribution in [3.63, 3.8) is 0 Å². The van der Waals surface area contributed by atoms with Crippen molar-refractivity contribution in [2.75, 3.05) is 0 Å². The van der Waals surface area contributed by atoms with Gasteiger partial charge in [-0.2, -0.15) is 0 Å². The molecule has 0 spiro atoms. The van der Waals surface area contributed by atoms with E-state index in [1.807, 2.05) is 0 Å². The highest BCUT2D eigenvalue weighted by molar-refractivity contribution is 5.26. The molecule has 0 radical (unpaired) electrons. The summed E-state index contributed by atoms with van der Waals surface area (Å²) < 4.78 is 0. The Morgan fingerprint density at radius 1 is 1.00 bits per heavy atom. The van der Waals surface area contributed by atoms with Gasteiger partial charge in [-0.25, -0.2) is 0 Å². The van der Waals surface area contributed by atoms with Gasteiger partial charge in [0.15, 0.2) is 0 Å². The normalized spacial score (nSPS) is 34.8. The van der Waals surface area contributed by atoms with Gasteiger partial charge in [-0.05, 0) is 50.0 Å². The predicted octanol–water partition coefficient (Wildman–Crippen LogP) is 4.41. The Labute approximate surface area is 117 Å². The third-order valence-electron chi connectivity index (χ3n) is 5.25. The molecule has 2 aliphatic carbocycles. The Hall–Kier alpha value is -0.820. The zero-order valence-electron chi connectivity index (χ0n) is 12.4. The van der Waals surface area contributed by atoms with E-state index in [1.54, 1.807) is 5.56 Å². The number of benzene rings is 1. The Kier molecular flexibility index (Phi) is 3.93. The Morgan fingerprint density at radius 3 is 2.37 bits per heavy atom. The van der Waals surface area contributed by atoms with Gasteiger partial charge in [0.2, 0.25) is 0 Å². The van der Waals surface area contributed by atoms with Crippen LogP contribution in [0.4, 0.5) is 0 Å². The van der Waals surface area contributed by atoms with Gasteiger partial charge in [-0.1, -0.05) is 49.6 Å². The van der Waals surface area contributed by atoms with Crippen molar-refractivity contribution in [2.24, 2.45) is 5.92 Å². The first kappa shape index (κ1) is 13.2. The molecule has 1 N–H and O–H groups in total. The quantitative estimate of drug-likeness (QED) is 0.845. The lowest BCUT2D eigenvalue weighted by molar-refractivity contribution is 0.201. The van der Waals surface area contributed by atoms with Crippen LogP contribution in [0.5, 0.6) is 0 Å². The van der Waals surface area contributed by atoms with Gasteiger partial charge in [0.1, 0.15) is 0 Å². The number of hydrogen-bond acceptors (Lipinski definition) is 1. The van der Waals surface area contributed by atoms with Crippen molar-refractivity contribution in [3.8, 4) is 0 Å². The van der Waals surface area contributed by atoms with Crippen LogP contribution in [0.2, 0.25) is 0 Å². The van der Waals surface area contributed by atoms with E-state index in [1.165, 1.54) is 44.1 Å². The van der Waals surface area contributed by atoms with Gasteiger partial charge in [0, 0.05) is 12.1 Å². The summed E-state index contributed by atoms with van der Waals surface area (Å²) in [7, 11) is 0. The average Bonchev–Trinajstić information content (AvgIpc) is 2.37. The third-order valence-corrected chi connectivity index (χ3v) is 5.25. The van der Waals surface area contributed by atoms with Crippen molar-refractivity contribution >= 4 is 0 Å². The second-order valence-electron chi connectivity index (χ2n) is 6.81. The maximum Gasteiger partial charge on any atom is 0.00952 e. The van der Waals surface area contributed by atoms with Crippen molar-refractivity contribution in [1.29, 1.82) is 0 Å². The SMILES string of the molecule is Cc1ccc(C2CC(NC3CCCCC3C)C2)cc1. The molecule has 0 heterocycles. The standard InChI is InChI=1S/C18H27N/c1-13-7-9-15(10-8-13)16-11-17(12-16)19-18-6-4-3-5-14(18)2/h7-10,14,16-19H,3-6,11-12H2,1-2H3. The largest absolute Gasteiger partial charge is 0.311 e. The van der Waals surface area contributed by atoms with Crippen LogP contribution in [0, 0.1) is 12.8 Å². The van der Waals surface area contributed by atoms with Gasteiger partial charge < -0.3 is 5.32 Å². The first-order valence-corrected chi connectivity index (χ1v) is 8.05. The first-order chi connectivity index (χ1) is 9.22. The van der Waals surface area contributed by atoms with E-state index in [-0.39, 0.29) is 0 Å². The molecule has 104 valence electrons. The molecule has 2 fully saturated rings. The van der Waals surface area contributed by atoms with Crippen LogP contribution in [0.1, 0.15) is 62.5 Å². The minimum absolute atomic E-state index is 0.775. The molecule has 19 heavy (non-hydrogen) atoms. The van der Waals surface area contributed by atoms with Gasteiger partial charge >= 0.3 is 0 Å². The molecule has 0 amide bonds. The smallest absolute Gasteiger partial charge is 0.00952 e. The van der Waals surface area contributed by atoms with Crippen molar-refractivity contribution in [2.45, 2.75) is 70.4 Å². The van der Waals surface area contributed by atoms with Crippen molar-refractivity contribution < 1.29 is 0 Å². The number of rotatable bonds is 3. The van der Waals surface area contributed by atoms with E-state index in [0.717, 1.165) is 23.9 Å². The molecule has 1 aromatic carbocycles. The van der Waals surface area contributed by atoms with Crippen LogP contribution in [0.25, 0.3) is 0 Å². The molecule has 2 atom stereocenters. The van der Waals surface area contributed by atoms with Crippen molar-refractivity contribution in [1.82, 2.24) is 5.32 Å². The molecule has 2 aliphatic rings. The molecule has 0 aromatic heterocycles. The summed E-state index contributed by atoms with van der Waals surface area (Å²) in [6, 6.07) is 10.7. The molecule has 1 nitrogen and oxygen atoms in total. The second-order valence-corrected chi connectivity index (χ2v) is 6.81. The molecule has 0 bridgehead atoms. The van der Waals surface area contributed by atoms with E-state index in [9.17, 15) is 0 Å². The zero-order valence-corrected chi connectivity index (χ0v) is 12.4. The van der Waals surface area contributed by atoms with Crippen LogP contribution in [-0.2, 0) is 0 Å². The summed E-state index contributed by atoms with van der Waals surface area (Å²) in [6.07, 6.45) is 8.36. The minimum Gasteiger partial charge on any atom is -0.311 e. The van der Waals surface area contributed by atoms with Crippen LogP contribution < -0.4 is 5.32 Å². The fourth-order valence-electron chi connectivity index (χ4n) is 3.73. The molecular weight excluding hydrogens is 230 g/mol. The highest BCUT2D eigenvalue weighted by Crippen LogP contribution is 2.38. The molecule has 0 aliphatic heterocycles. The second kappa shape index (κ2) is 5.66. The number of nitrogens with one attached hydrogen (secondary N) is 1. The molecule has 0 saturated heterocycles. The third kappa shape index (κ3) is 3.02. The highest BCUT2D eigenvalue weighted by atomic mass is 15.0. The summed E-state index contributed by atoms with van der Waals surface area (Å²) in [4.78, 5) is 0. The average molecular weight is 257 g/mol. The lowest BCUT2D eigenvalue weighted by atomic mass is 9.74. The van der Waals surface area contributed by atoms with E-state index < -0.39 is 0 Å². The predicted molar refractivity (Wildman–Crippen MR) is 81.5 cm³/mol. The van der Waals surface area contributed by atoms with E-state index >= 15 is 0 Å². The van der Waals surface area contributed by atoms with Gasteiger partial charge in [0.25, 0.3) is 0 Å².